The van der Waals surface area contributed by atoms with Crippen LogP contribution in [0.25, 0.3) is 33.4 Å². The van der Waals surface area contributed by atoms with Crippen molar-refractivity contribution in [3.63, 3.8) is 0 Å². The van der Waals surface area contributed by atoms with Crippen LogP contribution in [-0.4, -0.2) is 240 Å². The average Bonchev–Trinajstić information content (AvgIpc) is 1.61. The molecule has 106 heavy (non-hydrogen) atoms. The molecule has 4 bridgehead atoms. The van der Waals surface area contributed by atoms with Crippen LogP contribution in [-0.2, 0) is 107 Å². The fourth-order valence-electron chi connectivity index (χ4n) is 11.9. The first-order valence-corrected chi connectivity index (χ1v) is 42.1. The fourth-order valence-corrected chi connectivity index (χ4v) is 17.6. The fraction of sp³-hybridized carbons (Fsp3) is 0.593. The summed E-state index contributed by atoms with van der Waals surface area (Å²) in [6.07, 6.45) is -18.3. The van der Waals surface area contributed by atoms with Gasteiger partial charge in [0.05, 0.1) is 45.4 Å². The van der Waals surface area contributed by atoms with E-state index in [4.69, 9.17) is 120 Å². The summed E-state index contributed by atoms with van der Waals surface area (Å²) < 4.78 is 146. The third-order valence-electron chi connectivity index (χ3n) is 17.2. The molecule has 13 heterocycles. The molecule has 6 aliphatic heterocycles. The number of imidazole rings is 2. The SMILES string of the molecule is C=Nc1c(C(N)=O)c(F)cn1[C@@H]1O[C@@H]2COP([O-])(=S)O[C@H]3[C@@H](F)[C@H](n4cnc5c(N)ncnc54)O[C@@H]3COP(=O)([S-])O[C@@H]1[C@@H]2O.CCN(CC)CC.CCN(CC)CC.Nc1ncnc2c1ncn2[C@@H]1O[C@@H]2COP(O)(=S)O[C@@H]3[C@H](O)[C@@H](COP(O)(=S)O[C@H]2[C@H]1F)O[C@H]3n1cc(F)c2c(=O)[nH]cnc21.[Na+].[Na+]. The van der Waals surface area contributed by atoms with E-state index in [-0.39, 0.29) is 98.7 Å². The number of anilines is 2. The van der Waals surface area contributed by atoms with Crippen LogP contribution >= 0.6 is 27.0 Å². The van der Waals surface area contributed by atoms with Crippen molar-refractivity contribution in [3.05, 3.63) is 71.6 Å². The number of H-pyrrole nitrogens is 1. The third-order valence-corrected chi connectivity index (χ3v) is 23.4. The second kappa shape index (κ2) is 37.3. The van der Waals surface area contributed by atoms with Crippen LogP contribution in [0.5, 0.6) is 0 Å². The van der Waals surface area contributed by atoms with Gasteiger partial charge in [-0.3, -0.25) is 32.3 Å². The zero-order valence-electron chi connectivity index (χ0n) is 57.8. The van der Waals surface area contributed by atoms with Gasteiger partial charge in [0.15, 0.2) is 77.5 Å². The Bertz CT molecular complexity index is 4470. The van der Waals surface area contributed by atoms with Crippen molar-refractivity contribution in [2.75, 3.05) is 77.2 Å². The summed E-state index contributed by atoms with van der Waals surface area (Å²) in [6, 6.07) is 0. The zero-order valence-corrected chi connectivity index (χ0v) is 68.6. The van der Waals surface area contributed by atoms with Crippen molar-refractivity contribution in [2.45, 2.75) is 140 Å². The number of alkyl halides is 2. The number of aliphatic hydroxyl groups excluding tert-OH is 2. The molecule has 52 heteroatoms. The van der Waals surface area contributed by atoms with Crippen LogP contribution < -0.4 is 86.8 Å². The summed E-state index contributed by atoms with van der Waals surface area (Å²) >= 11 is 20.4. The number of nitrogens with one attached hydrogen (secondary N) is 1. The number of ether oxygens (including phenoxy) is 4. The van der Waals surface area contributed by atoms with E-state index in [0.717, 1.165) is 40.5 Å². The molecule has 6 saturated heterocycles. The van der Waals surface area contributed by atoms with Gasteiger partial charge >= 0.3 is 72.6 Å². The van der Waals surface area contributed by atoms with Gasteiger partial charge in [-0.25, -0.2) is 57.4 Å². The molecule has 0 spiro atoms. The van der Waals surface area contributed by atoms with E-state index in [1.165, 1.54) is 61.1 Å². The van der Waals surface area contributed by atoms with Crippen molar-refractivity contribution < 1.29 is 166 Å². The van der Waals surface area contributed by atoms with E-state index in [2.05, 4.69) is 103 Å². The predicted octanol–water partition coefficient (Wildman–Crippen LogP) is -3.23. The summed E-state index contributed by atoms with van der Waals surface area (Å²) in [5, 5.41) is 21.7. The molecule has 1 amide bonds. The number of fused-ring (bicyclic) bond motifs is 9. The summed E-state index contributed by atoms with van der Waals surface area (Å²) in [5.41, 5.74) is 15.9. The van der Waals surface area contributed by atoms with Gasteiger partial charge < -0.3 is 124 Å². The number of nitrogens with zero attached hydrogens (tertiary/aromatic N) is 14. The second-order valence-corrected chi connectivity index (χ2v) is 34.2. The number of halogens is 4. The Morgan fingerprint density at radius 2 is 1.07 bits per heavy atom. The van der Waals surface area contributed by atoms with Crippen molar-refractivity contribution in [1.82, 2.24) is 67.9 Å². The number of hydrogen-bond donors (Lipinski definition) is 8. The molecule has 574 valence electrons. The number of aromatic nitrogens is 12. The minimum Gasteiger partial charge on any atom is -0.780 e. The van der Waals surface area contributed by atoms with Crippen LogP contribution in [0.2, 0.25) is 0 Å². The Labute approximate surface area is 666 Å². The number of aliphatic hydroxyl groups is 2. The molecular weight excluding hydrogens is 1590 g/mol. The second-order valence-electron chi connectivity index (χ2n) is 23.2. The molecule has 38 nitrogen and oxygen atoms in total. The monoisotopic (exact) mass is 1670 g/mol. The number of amides is 1. The molecule has 6 aliphatic rings. The molecule has 13 rings (SSSR count). The predicted molar refractivity (Wildman–Crippen MR) is 372 cm³/mol. The summed E-state index contributed by atoms with van der Waals surface area (Å²) in [7, 11) is 0. The number of nitrogens with two attached hydrogens (primary N) is 3. The molecule has 0 saturated carbocycles. The van der Waals surface area contributed by atoms with Crippen molar-refractivity contribution in [1.29, 1.82) is 0 Å². The number of nitrogen functional groups attached to an aromatic ring is 2. The number of aromatic amines is 1. The van der Waals surface area contributed by atoms with E-state index >= 15 is 8.78 Å². The van der Waals surface area contributed by atoms with E-state index in [1.807, 2.05) is 0 Å². The van der Waals surface area contributed by atoms with Gasteiger partial charge in [0, 0.05) is 12.4 Å². The van der Waals surface area contributed by atoms with Crippen molar-refractivity contribution in [2.24, 2.45) is 10.7 Å². The van der Waals surface area contributed by atoms with Crippen LogP contribution in [0.3, 0.4) is 0 Å². The number of hydrogen-bond acceptors (Lipinski definition) is 34. The molecule has 7 aromatic rings. The van der Waals surface area contributed by atoms with Gasteiger partial charge in [-0.2, -0.15) is 0 Å². The van der Waals surface area contributed by atoms with Crippen LogP contribution in [0.4, 0.5) is 35.0 Å². The standard InChI is InChI=1S/C21H22F2N8O10P2S2.C21H24F2N8O10P2S2.2C6H15N.2Na/c22-7-1-30(17-10(7)19(33)28-5-26-17)21-15-13(32)8(38-21)2-36-42(34,44)40-14-9(3-37-43(35,45)41-15)39-20(11(14)23)31-6-29-12-16(24)25-4-27-18(12)31;1-26-18-10(17(25)33)7(22)2-30(18)21-15-13(32)8(38-21)3-36-42(34,44)40-14-9(4-37-43(35,45)41-15)39-20(11(14)23)31-6-29-12-16(24)27-5-28-19(12)31;2*1-4-7(5-2)6-3;;/h1,4-6,8-9,11,13-15,20-21,32H,2-3H2,(H,34,44)(H,35,45)(H2,24,25,27)(H,26,28,33);2,5-6,8-9,11,13-15,20-21,32H,1,3-4H2,(H2,25,33)(H,34,44)(H,35,45)(H2,24,27,28);2*4-6H2,1-3H3;;/q;;;;2*+1/p-2/t2*8-,9-,11-,13-,14-,15-,20-,21-,42?,43?;;;;/m11..../s1. The first kappa shape index (κ1) is 88.6. The van der Waals surface area contributed by atoms with Gasteiger partial charge in [-0.05, 0) is 69.6 Å². The summed E-state index contributed by atoms with van der Waals surface area (Å²) in [4.78, 5) is 97.9. The van der Waals surface area contributed by atoms with E-state index in [9.17, 15) is 47.8 Å². The number of rotatable bonds is 12. The zero-order chi connectivity index (χ0) is 75.7. The molecule has 20 atom stereocenters. The maximum atomic E-state index is 16.0. The normalized spacial score (nSPS) is 33.3. The van der Waals surface area contributed by atoms with Crippen molar-refractivity contribution >= 4 is 138 Å². The largest absolute Gasteiger partial charge is 1.00 e. The maximum absolute atomic E-state index is 16.0. The van der Waals surface area contributed by atoms with Crippen molar-refractivity contribution in [3.8, 4) is 0 Å². The Balaban J connectivity index is 0.000000223. The molecule has 0 radical (unpaired) electrons. The van der Waals surface area contributed by atoms with Gasteiger partial charge in [-0.15, -0.1) is 0 Å². The quantitative estimate of drug-likeness (QED) is 0.0196. The summed E-state index contributed by atoms with van der Waals surface area (Å²) in [5.74, 6) is -3.61. The molecule has 4 unspecified atom stereocenters. The van der Waals surface area contributed by atoms with Crippen LogP contribution in [0.1, 0.15) is 76.8 Å². The average molecular weight is 1670 g/mol. The molecule has 0 aliphatic carbocycles. The number of carbonyl (C=O) groups is 1. The Morgan fingerprint density at radius 1 is 0.642 bits per heavy atom. The Morgan fingerprint density at radius 3 is 1.54 bits per heavy atom. The summed E-state index contributed by atoms with van der Waals surface area (Å²) in [6.45, 7) is 2.95. The number of aliphatic imine (C=N–C) groups is 1. The van der Waals surface area contributed by atoms with Crippen LogP contribution in [0.15, 0.2) is 53.8 Å². The van der Waals surface area contributed by atoms with E-state index in [0.29, 0.717) is 0 Å². The van der Waals surface area contributed by atoms with E-state index < -0.39 is 192 Å². The van der Waals surface area contributed by atoms with Gasteiger partial charge in [0.2, 0.25) is 6.80 Å². The molecule has 7 aromatic heterocycles. The van der Waals surface area contributed by atoms with E-state index in [1.54, 1.807) is 0 Å². The molecule has 11 N–H and O–H groups in total. The Kier molecular flexibility index (Phi) is 31.2. The molecule has 6 fully saturated rings. The minimum atomic E-state index is -4.62. The molecular formula is C54H74F4N18Na2O20P4S4. The maximum Gasteiger partial charge on any atom is 1.00 e. The number of carbonyl (C=O) groups excluding carboxylic acids is 1. The first-order valence-electron chi connectivity index (χ1n) is 31.8. The minimum absolute atomic E-state index is 0. The molecule has 0 aromatic carbocycles. The smallest absolute Gasteiger partial charge is 0.780 e. The Hall–Kier alpha value is -2.97. The van der Waals surface area contributed by atoms with Crippen LogP contribution in [0, 0.1) is 11.6 Å². The third kappa shape index (κ3) is 19.6. The van der Waals surface area contributed by atoms with Gasteiger partial charge in [0.25, 0.3) is 11.5 Å². The van der Waals surface area contributed by atoms with Gasteiger partial charge in [-0.1, -0.05) is 53.3 Å². The topological polar surface area (TPSA) is 489 Å². The van der Waals surface area contributed by atoms with Gasteiger partial charge in [0.1, 0.15) is 108 Å². The first-order chi connectivity index (χ1) is 49.2. The number of primary amides is 1.